The van der Waals surface area contributed by atoms with Crippen molar-refractivity contribution < 1.29 is 22.4 Å². The molecule has 7 nitrogen and oxygen atoms in total. The number of nitrogens with one attached hydrogen (secondary N) is 1. The van der Waals surface area contributed by atoms with E-state index in [0.717, 1.165) is 12.2 Å². The minimum atomic E-state index is -3.85. The highest BCUT2D eigenvalue weighted by Crippen LogP contribution is 2.47. The maximum absolute atomic E-state index is 13.1. The highest BCUT2D eigenvalue weighted by Gasteiger charge is 2.36. The topological polar surface area (TPSA) is 88.8 Å². The second-order valence-electron chi connectivity index (χ2n) is 6.93. The lowest BCUT2D eigenvalue weighted by Crippen LogP contribution is -2.27. The van der Waals surface area contributed by atoms with Crippen LogP contribution in [0.2, 0.25) is 0 Å². The number of sulfonamides is 1. The molecular formula is C19H24N2O5S. The molecule has 1 aliphatic rings. The highest BCUT2D eigenvalue weighted by molar-refractivity contribution is 7.89. The molecule has 2 aromatic rings. The number of anilines is 1. The molecule has 0 saturated heterocycles. The van der Waals surface area contributed by atoms with Gasteiger partial charge in [-0.2, -0.15) is 4.31 Å². The zero-order valence-electron chi connectivity index (χ0n) is 15.9. The lowest BCUT2D eigenvalue weighted by Gasteiger charge is -2.18. The summed E-state index contributed by atoms with van der Waals surface area (Å²) in [5.74, 6) is 2.49. The summed E-state index contributed by atoms with van der Waals surface area (Å²) in [6.45, 7) is 3.63. The predicted molar refractivity (Wildman–Crippen MR) is 101 cm³/mol. The smallest absolute Gasteiger partial charge is 0.246 e. The molecule has 1 aromatic carbocycles. The van der Waals surface area contributed by atoms with Crippen LogP contribution in [-0.2, 0) is 21.4 Å². The van der Waals surface area contributed by atoms with Crippen LogP contribution >= 0.6 is 0 Å². The molecule has 2 atom stereocenters. The summed E-state index contributed by atoms with van der Waals surface area (Å²) in [4.78, 5) is 11.3. The first kappa shape index (κ1) is 19.4. The Labute approximate surface area is 159 Å². The molecule has 27 heavy (non-hydrogen) atoms. The summed E-state index contributed by atoms with van der Waals surface area (Å²) in [6.07, 6.45) is 1.11. The van der Waals surface area contributed by atoms with Crippen molar-refractivity contribution in [3.63, 3.8) is 0 Å². The Kier molecular flexibility index (Phi) is 5.30. The first-order chi connectivity index (χ1) is 12.7. The molecule has 3 rings (SSSR count). The average Bonchev–Trinajstić information content (AvgIpc) is 3.15. The van der Waals surface area contributed by atoms with E-state index in [0.29, 0.717) is 23.3 Å². The van der Waals surface area contributed by atoms with Crippen LogP contribution in [-0.4, -0.2) is 32.8 Å². The van der Waals surface area contributed by atoms with E-state index in [2.05, 4.69) is 12.2 Å². The van der Waals surface area contributed by atoms with E-state index >= 15 is 0 Å². The molecule has 1 saturated carbocycles. The van der Waals surface area contributed by atoms with Gasteiger partial charge in [-0.15, -0.1) is 0 Å². The van der Waals surface area contributed by atoms with Crippen molar-refractivity contribution in [3.05, 3.63) is 41.9 Å². The number of ether oxygens (including phenoxy) is 1. The first-order valence-corrected chi connectivity index (χ1v) is 10.2. The Bertz CT molecular complexity index is 951. The second kappa shape index (κ2) is 7.36. The second-order valence-corrected chi connectivity index (χ2v) is 8.94. The molecule has 1 heterocycles. The first-order valence-electron chi connectivity index (χ1n) is 8.73. The largest absolute Gasteiger partial charge is 0.495 e. The minimum absolute atomic E-state index is 0.0126. The summed E-state index contributed by atoms with van der Waals surface area (Å²) in [5, 5.41) is 2.59. The van der Waals surface area contributed by atoms with Gasteiger partial charge in [-0.1, -0.05) is 6.92 Å². The number of carbonyl (C=O) groups is 1. The van der Waals surface area contributed by atoms with E-state index < -0.39 is 10.0 Å². The van der Waals surface area contributed by atoms with Crippen LogP contribution in [0.4, 0.5) is 5.69 Å². The number of amides is 1. The molecule has 0 spiro atoms. The Morgan fingerprint density at radius 3 is 2.63 bits per heavy atom. The van der Waals surface area contributed by atoms with E-state index in [1.807, 2.05) is 12.1 Å². The fraction of sp³-hybridized carbons (Fsp3) is 0.421. The van der Waals surface area contributed by atoms with Gasteiger partial charge in [0.15, 0.2) is 0 Å². The summed E-state index contributed by atoms with van der Waals surface area (Å²) >= 11 is 0. The monoisotopic (exact) mass is 392 g/mol. The zero-order chi connectivity index (χ0) is 19.8. The summed E-state index contributed by atoms with van der Waals surface area (Å²) in [7, 11) is -0.955. The van der Waals surface area contributed by atoms with Gasteiger partial charge in [0, 0.05) is 25.6 Å². The Balaban J connectivity index is 1.83. The van der Waals surface area contributed by atoms with E-state index in [9.17, 15) is 13.2 Å². The quantitative estimate of drug-likeness (QED) is 0.782. The van der Waals surface area contributed by atoms with Crippen molar-refractivity contribution in [1.29, 1.82) is 0 Å². The molecule has 1 amide bonds. The van der Waals surface area contributed by atoms with E-state index in [1.54, 1.807) is 6.07 Å². The van der Waals surface area contributed by atoms with Gasteiger partial charge in [0.05, 0.1) is 13.7 Å². The van der Waals surface area contributed by atoms with Gasteiger partial charge in [-0.3, -0.25) is 4.79 Å². The van der Waals surface area contributed by atoms with Crippen molar-refractivity contribution in [2.45, 2.75) is 37.6 Å². The van der Waals surface area contributed by atoms with Crippen LogP contribution in [0.5, 0.6) is 5.75 Å². The van der Waals surface area contributed by atoms with Gasteiger partial charge in [0.2, 0.25) is 15.9 Å². The summed E-state index contributed by atoms with van der Waals surface area (Å²) in [5.41, 5.74) is 0.387. The van der Waals surface area contributed by atoms with Crippen LogP contribution in [0.25, 0.3) is 0 Å². The van der Waals surface area contributed by atoms with E-state index in [1.165, 1.54) is 37.5 Å². The fourth-order valence-electron chi connectivity index (χ4n) is 3.03. The highest BCUT2D eigenvalue weighted by atomic mass is 32.2. The molecule has 1 fully saturated rings. The number of carbonyl (C=O) groups excluding carboxylic acids is 1. The maximum atomic E-state index is 13.1. The third-order valence-electron chi connectivity index (χ3n) is 4.71. The predicted octanol–water partition coefficient (Wildman–Crippen LogP) is 3.19. The standard InChI is InChI=1S/C19H24N2O5S/c1-12-9-16(12)17-8-6-15(26-17)11-21(3)27(23,24)19-10-14(20-13(2)22)5-7-18(19)25-4/h5-8,10,12,16H,9,11H2,1-4H3,(H,20,22)/t12-,16+/m1/s1. The molecule has 1 aliphatic carbocycles. The SMILES string of the molecule is COc1ccc(NC(C)=O)cc1S(=O)(=O)N(C)Cc1ccc([C@H]2C[C@H]2C)o1. The number of rotatable bonds is 7. The number of hydrogen-bond acceptors (Lipinski definition) is 5. The van der Waals surface area contributed by atoms with Crippen LogP contribution in [0.15, 0.2) is 39.6 Å². The number of hydrogen-bond donors (Lipinski definition) is 1. The van der Waals surface area contributed by atoms with Crippen LogP contribution in [0.3, 0.4) is 0 Å². The van der Waals surface area contributed by atoms with E-state index in [4.69, 9.17) is 9.15 Å². The van der Waals surface area contributed by atoms with Gasteiger partial charge in [-0.25, -0.2) is 8.42 Å². The van der Waals surface area contributed by atoms with Gasteiger partial charge < -0.3 is 14.5 Å². The van der Waals surface area contributed by atoms with Crippen LogP contribution in [0.1, 0.15) is 37.7 Å². The molecule has 0 aliphatic heterocycles. The summed E-state index contributed by atoms with van der Waals surface area (Å²) < 4.78 is 38.3. The Morgan fingerprint density at radius 1 is 1.33 bits per heavy atom. The van der Waals surface area contributed by atoms with Crippen LogP contribution in [0, 0.1) is 5.92 Å². The van der Waals surface area contributed by atoms with Crippen molar-refractivity contribution in [2.75, 3.05) is 19.5 Å². The number of methoxy groups -OCH3 is 1. The lowest BCUT2D eigenvalue weighted by atomic mass is 10.3. The lowest BCUT2D eigenvalue weighted by molar-refractivity contribution is -0.114. The maximum Gasteiger partial charge on any atom is 0.246 e. The molecule has 0 bridgehead atoms. The molecule has 8 heteroatoms. The number of nitrogens with zero attached hydrogens (tertiary/aromatic N) is 1. The Morgan fingerprint density at radius 2 is 2.04 bits per heavy atom. The molecule has 1 aromatic heterocycles. The van der Waals surface area contributed by atoms with Crippen molar-refractivity contribution in [3.8, 4) is 5.75 Å². The molecule has 1 N–H and O–H groups in total. The zero-order valence-corrected chi connectivity index (χ0v) is 16.7. The van der Waals surface area contributed by atoms with E-state index in [-0.39, 0.29) is 23.1 Å². The average molecular weight is 392 g/mol. The molecule has 146 valence electrons. The fourth-order valence-corrected chi connectivity index (χ4v) is 4.34. The minimum Gasteiger partial charge on any atom is -0.495 e. The molecule has 0 radical (unpaired) electrons. The van der Waals surface area contributed by atoms with Gasteiger partial charge in [0.25, 0.3) is 0 Å². The number of furan rings is 1. The van der Waals surface area contributed by atoms with Gasteiger partial charge in [-0.05, 0) is 42.7 Å². The normalized spacial score (nSPS) is 19.1. The third kappa shape index (κ3) is 4.17. The Hall–Kier alpha value is -2.32. The van der Waals surface area contributed by atoms with Crippen molar-refractivity contribution in [1.82, 2.24) is 4.31 Å². The third-order valence-corrected chi connectivity index (χ3v) is 6.53. The molecular weight excluding hydrogens is 368 g/mol. The number of benzene rings is 1. The van der Waals surface area contributed by atoms with Crippen LogP contribution < -0.4 is 10.1 Å². The van der Waals surface area contributed by atoms with Gasteiger partial charge in [0.1, 0.15) is 22.2 Å². The van der Waals surface area contributed by atoms with Gasteiger partial charge >= 0.3 is 0 Å². The van der Waals surface area contributed by atoms with Crippen molar-refractivity contribution in [2.24, 2.45) is 5.92 Å². The summed E-state index contributed by atoms with van der Waals surface area (Å²) in [6, 6.07) is 8.24. The molecule has 0 unspecified atom stereocenters. The van der Waals surface area contributed by atoms with Crippen molar-refractivity contribution >= 4 is 21.6 Å².